The lowest BCUT2D eigenvalue weighted by molar-refractivity contribution is 0.388. The molecule has 0 aliphatic rings. The van der Waals surface area contributed by atoms with Gasteiger partial charge in [-0.25, -0.2) is 0 Å². The first-order chi connectivity index (χ1) is 7.67. The van der Waals surface area contributed by atoms with Crippen LogP contribution in [0.2, 0.25) is 0 Å². The Balaban J connectivity index is 3.25. The van der Waals surface area contributed by atoms with Gasteiger partial charge in [-0.05, 0) is 18.4 Å². The molecule has 1 atom stereocenters. The van der Waals surface area contributed by atoms with Gasteiger partial charge in [-0.15, -0.1) is 23.4 Å². The number of hydrogen-bond donors (Lipinski definition) is 1. The third kappa shape index (κ3) is 2.75. The molecule has 1 aromatic rings. The minimum atomic E-state index is -0.249. The van der Waals surface area contributed by atoms with E-state index < -0.39 is 0 Å². The van der Waals surface area contributed by atoms with E-state index in [4.69, 9.17) is 26.8 Å². The van der Waals surface area contributed by atoms with Crippen molar-refractivity contribution in [2.24, 2.45) is 5.73 Å². The smallest absolute Gasteiger partial charge is 0.133 e. The van der Waals surface area contributed by atoms with E-state index in [-0.39, 0.29) is 6.04 Å². The van der Waals surface area contributed by atoms with Crippen molar-refractivity contribution in [2.45, 2.75) is 10.9 Å². The molecule has 0 radical (unpaired) electrons. The minimum Gasteiger partial charge on any atom is -0.496 e. The zero-order valence-corrected chi connectivity index (χ0v) is 11.2. The van der Waals surface area contributed by atoms with Crippen molar-refractivity contribution in [3.05, 3.63) is 17.7 Å². The average molecular weight is 262 g/mol. The molecule has 0 bridgehead atoms. The predicted molar refractivity (Wildman–Crippen MR) is 69.0 cm³/mol. The summed E-state index contributed by atoms with van der Waals surface area (Å²) in [5, 5.41) is 0. The third-order valence-corrected chi connectivity index (χ3v) is 3.39. The molecular formula is C11H16ClNO2S. The van der Waals surface area contributed by atoms with Crippen LogP contribution in [0, 0.1) is 0 Å². The number of hydrogen-bond acceptors (Lipinski definition) is 4. The molecule has 1 unspecified atom stereocenters. The van der Waals surface area contributed by atoms with Crippen LogP contribution in [-0.2, 0) is 0 Å². The SMILES string of the molecule is COc1cc(C(N)CCl)c(OC)cc1SC. The van der Waals surface area contributed by atoms with Gasteiger partial charge in [0.15, 0.2) is 0 Å². The molecule has 0 aliphatic heterocycles. The Morgan fingerprint density at radius 1 is 1.31 bits per heavy atom. The van der Waals surface area contributed by atoms with Crippen LogP contribution in [0.1, 0.15) is 11.6 Å². The van der Waals surface area contributed by atoms with Crippen molar-refractivity contribution in [3.63, 3.8) is 0 Å². The maximum absolute atomic E-state index is 5.91. The lowest BCUT2D eigenvalue weighted by Crippen LogP contribution is -2.13. The first-order valence-corrected chi connectivity index (χ1v) is 6.55. The molecule has 0 saturated carbocycles. The molecule has 0 spiro atoms. The zero-order chi connectivity index (χ0) is 12.1. The summed E-state index contributed by atoms with van der Waals surface area (Å²) in [6.45, 7) is 0. The number of thioether (sulfide) groups is 1. The lowest BCUT2D eigenvalue weighted by Gasteiger charge is -2.16. The zero-order valence-electron chi connectivity index (χ0n) is 9.62. The van der Waals surface area contributed by atoms with E-state index in [1.54, 1.807) is 26.0 Å². The maximum Gasteiger partial charge on any atom is 0.133 e. The Hall–Kier alpha value is -0.580. The van der Waals surface area contributed by atoms with E-state index in [1.807, 2.05) is 18.4 Å². The molecule has 2 N–H and O–H groups in total. The van der Waals surface area contributed by atoms with Crippen LogP contribution in [0.4, 0.5) is 0 Å². The molecule has 1 aromatic carbocycles. The summed E-state index contributed by atoms with van der Waals surface area (Å²) in [5.74, 6) is 1.89. The number of benzene rings is 1. The molecule has 0 aromatic heterocycles. The number of rotatable bonds is 5. The fourth-order valence-electron chi connectivity index (χ4n) is 1.43. The average Bonchev–Trinajstić information content (AvgIpc) is 2.35. The standard InChI is InChI=1S/C11H16ClNO2S/c1-14-9-5-11(16-3)10(15-2)4-7(9)8(13)6-12/h4-5,8H,6,13H2,1-3H3. The molecule has 1 rings (SSSR count). The summed E-state index contributed by atoms with van der Waals surface area (Å²) >= 11 is 7.36. The van der Waals surface area contributed by atoms with Crippen molar-refractivity contribution in [1.29, 1.82) is 0 Å². The quantitative estimate of drug-likeness (QED) is 0.654. The summed E-state index contributed by atoms with van der Waals surface area (Å²) in [4.78, 5) is 1.02. The molecule has 5 heteroatoms. The Morgan fingerprint density at radius 3 is 2.38 bits per heavy atom. The van der Waals surface area contributed by atoms with Crippen LogP contribution in [0.15, 0.2) is 17.0 Å². The van der Waals surface area contributed by atoms with Crippen molar-refractivity contribution in [3.8, 4) is 11.5 Å². The summed E-state index contributed by atoms with van der Waals surface area (Å²) in [6.07, 6.45) is 1.98. The van der Waals surface area contributed by atoms with Crippen LogP contribution in [0.3, 0.4) is 0 Å². The van der Waals surface area contributed by atoms with E-state index >= 15 is 0 Å². The van der Waals surface area contributed by atoms with Gasteiger partial charge in [-0.2, -0.15) is 0 Å². The molecule has 3 nitrogen and oxygen atoms in total. The largest absolute Gasteiger partial charge is 0.496 e. The second kappa shape index (κ2) is 6.23. The van der Waals surface area contributed by atoms with Gasteiger partial charge in [0.25, 0.3) is 0 Å². The molecule has 90 valence electrons. The van der Waals surface area contributed by atoms with Crippen LogP contribution in [-0.4, -0.2) is 26.4 Å². The van der Waals surface area contributed by atoms with Crippen molar-refractivity contribution in [2.75, 3.05) is 26.4 Å². The van der Waals surface area contributed by atoms with Crippen LogP contribution in [0.25, 0.3) is 0 Å². The van der Waals surface area contributed by atoms with Gasteiger partial charge in [0, 0.05) is 17.5 Å². The van der Waals surface area contributed by atoms with Crippen molar-refractivity contribution >= 4 is 23.4 Å². The number of nitrogens with two attached hydrogens (primary N) is 1. The summed E-state index contributed by atoms with van der Waals surface area (Å²) in [7, 11) is 3.26. The normalized spacial score (nSPS) is 12.3. The fourth-order valence-corrected chi connectivity index (χ4v) is 2.16. The van der Waals surface area contributed by atoms with E-state index in [9.17, 15) is 0 Å². The highest BCUT2D eigenvalue weighted by Gasteiger charge is 2.15. The van der Waals surface area contributed by atoms with E-state index in [0.717, 1.165) is 22.0 Å². The van der Waals surface area contributed by atoms with Crippen LogP contribution >= 0.6 is 23.4 Å². The van der Waals surface area contributed by atoms with Crippen LogP contribution < -0.4 is 15.2 Å². The molecule has 0 saturated heterocycles. The van der Waals surface area contributed by atoms with E-state index in [1.165, 1.54) is 0 Å². The van der Waals surface area contributed by atoms with E-state index in [2.05, 4.69) is 0 Å². The van der Waals surface area contributed by atoms with Gasteiger partial charge in [0.2, 0.25) is 0 Å². The van der Waals surface area contributed by atoms with Crippen molar-refractivity contribution in [1.82, 2.24) is 0 Å². The molecule has 16 heavy (non-hydrogen) atoms. The van der Waals surface area contributed by atoms with Gasteiger partial charge < -0.3 is 15.2 Å². The maximum atomic E-state index is 5.91. The predicted octanol–water partition coefficient (Wildman–Crippen LogP) is 2.66. The third-order valence-electron chi connectivity index (χ3n) is 2.30. The van der Waals surface area contributed by atoms with Gasteiger partial charge in [-0.1, -0.05) is 0 Å². The summed E-state index contributed by atoms with van der Waals surface area (Å²) in [5.41, 5.74) is 6.78. The Bertz CT molecular complexity index is 360. The molecular weight excluding hydrogens is 246 g/mol. The molecule has 0 heterocycles. The van der Waals surface area contributed by atoms with Crippen molar-refractivity contribution < 1.29 is 9.47 Å². The van der Waals surface area contributed by atoms with Gasteiger partial charge >= 0.3 is 0 Å². The Morgan fingerprint density at radius 2 is 1.94 bits per heavy atom. The number of ether oxygens (including phenoxy) is 2. The topological polar surface area (TPSA) is 44.5 Å². The second-order valence-electron chi connectivity index (χ2n) is 3.21. The Labute approximate surface area is 105 Å². The molecule has 0 amide bonds. The highest BCUT2D eigenvalue weighted by molar-refractivity contribution is 7.98. The highest BCUT2D eigenvalue weighted by atomic mass is 35.5. The number of halogens is 1. The molecule has 0 aliphatic carbocycles. The number of alkyl halides is 1. The first kappa shape index (κ1) is 13.5. The first-order valence-electron chi connectivity index (χ1n) is 4.79. The van der Waals surface area contributed by atoms with Gasteiger partial charge in [0.05, 0.1) is 19.1 Å². The lowest BCUT2D eigenvalue weighted by atomic mass is 10.1. The summed E-state index contributed by atoms with van der Waals surface area (Å²) < 4.78 is 10.6. The monoisotopic (exact) mass is 261 g/mol. The second-order valence-corrected chi connectivity index (χ2v) is 4.37. The Kier molecular flexibility index (Phi) is 5.25. The minimum absolute atomic E-state index is 0.249. The fraction of sp³-hybridized carbons (Fsp3) is 0.455. The highest BCUT2D eigenvalue weighted by Crippen LogP contribution is 2.36. The molecule has 0 fully saturated rings. The summed E-state index contributed by atoms with van der Waals surface area (Å²) in [6, 6.07) is 3.56. The van der Waals surface area contributed by atoms with Gasteiger partial charge in [0.1, 0.15) is 11.5 Å². The number of methoxy groups -OCH3 is 2. The van der Waals surface area contributed by atoms with Crippen LogP contribution in [0.5, 0.6) is 11.5 Å². The van der Waals surface area contributed by atoms with Gasteiger partial charge in [-0.3, -0.25) is 0 Å². The van der Waals surface area contributed by atoms with E-state index in [0.29, 0.717) is 5.88 Å².